The van der Waals surface area contributed by atoms with E-state index < -0.39 is 28.6 Å². The summed E-state index contributed by atoms with van der Waals surface area (Å²) < 4.78 is 56.0. The summed E-state index contributed by atoms with van der Waals surface area (Å²) in [4.78, 5) is 12.4. The first-order chi connectivity index (χ1) is 15.5. The minimum absolute atomic E-state index is 0.0160. The molecular formula is C20H16Cl3F4N5O. The van der Waals surface area contributed by atoms with Crippen LogP contribution in [0.15, 0.2) is 24.4 Å². The Balaban J connectivity index is 1.43. The summed E-state index contributed by atoms with van der Waals surface area (Å²) >= 11 is 18.1. The van der Waals surface area contributed by atoms with Crippen molar-refractivity contribution in [3.8, 4) is 0 Å². The molecule has 3 aromatic rings. The van der Waals surface area contributed by atoms with E-state index in [9.17, 15) is 22.4 Å². The highest BCUT2D eigenvalue weighted by Gasteiger charge is 2.42. The maximum Gasteiger partial charge on any atom is 0.436 e. The maximum atomic E-state index is 14.0. The predicted molar refractivity (Wildman–Crippen MR) is 115 cm³/mol. The summed E-state index contributed by atoms with van der Waals surface area (Å²) in [5, 5.41) is 10.1. The van der Waals surface area contributed by atoms with E-state index in [0.29, 0.717) is 18.5 Å². The molecule has 1 fully saturated rings. The number of aromatic nitrogens is 4. The Hall–Kier alpha value is -2.30. The zero-order chi connectivity index (χ0) is 23.9. The summed E-state index contributed by atoms with van der Waals surface area (Å²) in [5.41, 5.74) is -0.652. The molecule has 1 saturated carbocycles. The van der Waals surface area contributed by atoms with E-state index >= 15 is 0 Å². The van der Waals surface area contributed by atoms with Gasteiger partial charge in [0.15, 0.2) is 11.5 Å². The Morgan fingerprint density at radius 3 is 2.52 bits per heavy atom. The van der Waals surface area contributed by atoms with Crippen LogP contribution in [-0.2, 0) is 24.1 Å². The molecule has 0 atom stereocenters. The Bertz CT molecular complexity index is 1180. The number of nitrogens with one attached hydrogen (secondary N) is 1. The number of hydrogen-bond acceptors (Lipinski definition) is 3. The highest BCUT2D eigenvalue weighted by molar-refractivity contribution is 6.33. The van der Waals surface area contributed by atoms with Crippen LogP contribution in [0.4, 0.5) is 23.4 Å². The molecule has 13 heteroatoms. The van der Waals surface area contributed by atoms with Crippen LogP contribution < -0.4 is 5.32 Å². The van der Waals surface area contributed by atoms with Gasteiger partial charge in [-0.25, -0.2) is 4.39 Å². The van der Waals surface area contributed by atoms with Crippen LogP contribution in [0, 0.1) is 5.82 Å². The molecule has 1 aliphatic carbocycles. The number of halogens is 7. The van der Waals surface area contributed by atoms with Crippen LogP contribution in [0.1, 0.15) is 42.1 Å². The van der Waals surface area contributed by atoms with Crippen LogP contribution in [0.3, 0.4) is 0 Å². The minimum Gasteiger partial charge on any atom is -0.308 e. The molecular weight excluding hydrogens is 509 g/mol. The molecule has 0 unspecified atom stereocenters. The second kappa shape index (κ2) is 9.15. The van der Waals surface area contributed by atoms with Crippen LogP contribution in [0.2, 0.25) is 15.1 Å². The molecule has 0 radical (unpaired) electrons. The lowest BCUT2D eigenvalue weighted by Gasteiger charge is -2.07. The van der Waals surface area contributed by atoms with Crippen molar-refractivity contribution in [1.82, 2.24) is 19.6 Å². The third-order valence-corrected chi connectivity index (χ3v) is 6.07. The van der Waals surface area contributed by atoms with Crippen molar-refractivity contribution in [1.29, 1.82) is 0 Å². The molecule has 1 aromatic carbocycles. The largest absolute Gasteiger partial charge is 0.436 e. The lowest BCUT2D eigenvalue weighted by Crippen LogP contribution is -2.17. The van der Waals surface area contributed by atoms with Crippen molar-refractivity contribution in [3.05, 3.63) is 62.2 Å². The van der Waals surface area contributed by atoms with E-state index in [4.69, 9.17) is 34.8 Å². The third-order valence-electron chi connectivity index (χ3n) is 5.07. The summed E-state index contributed by atoms with van der Waals surface area (Å²) in [6.07, 6.45) is -2.04. The third kappa shape index (κ3) is 5.28. The maximum absolute atomic E-state index is 14.0. The topological polar surface area (TPSA) is 64.7 Å². The van der Waals surface area contributed by atoms with Gasteiger partial charge >= 0.3 is 6.18 Å². The van der Waals surface area contributed by atoms with Gasteiger partial charge in [-0.15, -0.1) is 0 Å². The Morgan fingerprint density at radius 1 is 1.15 bits per heavy atom. The quantitative estimate of drug-likeness (QED) is 0.377. The van der Waals surface area contributed by atoms with Gasteiger partial charge in [0, 0.05) is 29.1 Å². The second-order valence-corrected chi connectivity index (χ2v) is 8.76. The fraction of sp³-hybridized carbons (Fsp3) is 0.350. The predicted octanol–water partition coefficient (Wildman–Crippen LogP) is 6.15. The molecule has 1 aliphatic rings. The summed E-state index contributed by atoms with van der Waals surface area (Å²) in [5.74, 6) is -1.11. The van der Waals surface area contributed by atoms with Crippen LogP contribution in [-0.4, -0.2) is 25.5 Å². The number of anilines is 1. The molecule has 0 spiro atoms. The number of carbonyl (C=O) groups excluding carboxylic acids is 1. The highest BCUT2D eigenvalue weighted by atomic mass is 35.5. The van der Waals surface area contributed by atoms with Gasteiger partial charge in [0.1, 0.15) is 10.8 Å². The van der Waals surface area contributed by atoms with Gasteiger partial charge in [-0.1, -0.05) is 40.9 Å². The molecule has 4 rings (SSSR count). The molecule has 1 N–H and O–H groups in total. The normalized spacial score (nSPS) is 14.0. The molecule has 6 nitrogen and oxygen atoms in total. The molecule has 1 amide bonds. The van der Waals surface area contributed by atoms with E-state index in [-0.39, 0.29) is 46.9 Å². The van der Waals surface area contributed by atoms with Crippen molar-refractivity contribution < 1.29 is 22.4 Å². The van der Waals surface area contributed by atoms with Crippen LogP contribution in [0.5, 0.6) is 0 Å². The first-order valence-electron chi connectivity index (χ1n) is 9.83. The number of benzene rings is 1. The number of hydrogen-bond donors (Lipinski definition) is 1. The van der Waals surface area contributed by atoms with Crippen LogP contribution in [0.25, 0.3) is 0 Å². The first kappa shape index (κ1) is 23.8. The van der Waals surface area contributed by atoms with Crippen molar-refractivity contribution >= 4 is 46.5 Å². The number of amides is 1. The average molecular weight is 525 g/mol. The number of alkyl halides is 3. The number of aryl methyl sites for hydroxylation is 1. The van der Waals surface area contributed by atoms with E-state index in [1.807, 2.05) is 0 Å². The smallest absolute Gasteiger partial charge is 0.308 e. The average Bonchev–Trinajstić information content (AvgIpc) is 3.41. The molecule has 0 aliphatic heterocycles. The van der Waals surface area contributed by atoms with Gasteiger partial charge in [0.05, 0.1) is 23.8 Å². The van der Waals surface area contributed by atoms with Crippen LogP contribution >= 0.6 is 34.8 Å². The summed E-state index contributed by atoms with van der Waals surface area (Å²) in [7, 11) is 0. The van der Waals surface area contributed by atoms with Gasteiger partial charge < -0.3 is 5.32 Å². The van der Waals surface area contributed by atoms with Gasteiger partial charge in [-0.3, -0.25) is 14.2 Å². The van der Waals surface area contributed by atoms with E-state index in [1.165, 1.54) is 29.1 Å². The van der Waals surface area contributed by atoms with Crippen molar-refractivity contribution in [2.24, 2.45) is 0 Å². The van der Waals surface area contributed by atoms with E-state index in [0.717, 1.165) is 4.68 Å². The molecule has 2 heterocycles. The van der Waals surface area contributed by atoms with E-state index in [2.05, 4.69) is 15.5 Å². The van der Waals surface area contributed by atoms with E-state index in [1.54, 1.807) is 0 Å². The number of nitrogens with zero attached hydrogens (tertiary/aromatic N) is 4. The number of carbonyl (C=O) groups is 1. The standard InChI is InChI=1S/C20H16Cl3F4N5O/c21-12-2-1-3-14(24)11(12)8-31-9-13(22)19(30-31)28-15(33)6-7-32-17(10-4-5-10)16(23)18(29-32)20(25,26)27/h1-3,9-10H,4-8H2,(H,28,30,33). The van der Waals surface area contributed by atoms with Crippen molar-refractivity contribution in [2.75, 3.05) is 5.32 Å². The monoisotopic (exact) mass is 523 g/mol. The molecule has 0 saturated heterocycles. The fourth-order valence-electron chi connectivity index (χ4n) is 3.36. The molecule has 2 aromatic heterocycles. The molecule has 33 heavy (non-hydrogen) atoms. The summed E-state index contributed by atoms with van der Waals surface area (Å²) in [6.45, 7) is -0.117. The SMILES string of the molecule is O=C(CCn1nc(C(F)(F)F)c(Cl)c1C1CC1)Nc1nn(Cc2c(F)cccc2Cl)cc1Cl. The Labute approximate surface area is 200 Å². The minimum atomic E-state index is -4.68. The fourth-order valence-corrected chi connectivity index (χ4v) is 4.18. The highest BCUT2D eigenvalue weighted by Crippen LogP contribution is 2.46. The number of rotatable bonds is 7. The van der Waals surface area contributed by atoms with Gasteiger partial charge in [-0.05, 0) is 25.0 Å². The summed E-state index contributed by atoms with van der Waals surface area (Å²) in [6, 6.07) is 4.27. The lowest BCUT2D eigenvalue weighted by atomic mass is 10.2. The van der Waals surface area contributed by atoms with Gasteiger partial charge in [0.2, 0.25) is 5.91 Å². The van der Waals surface area contributed by atoms with Gasteiger partial charge in [-0.2, -0.15) is 23.4 Å². The lowest BCUT2D eigenvalue weighted by molar-refractivity contribution is -0.141. The molecule has 0 bridgehead atoms. The Morgan fingerprint density at radius 2 is 1.88 bits per heavy atom. The van der Waals surface area contributed by atoms with Crippen molar-refractivity contribution in [2.45, 2.75) is 44.4 Å². The van der Waals surface area contributed by atoms with Crippen molar-refractivity contribution in [3.63, 3.8) is 0 Å². The zero-order valence-electron chi connectivity index (χ0n) is 16.8. The molecule has 176 valence electrons. The Kier molecular flexibility index (Phi) is 6.61. The zero-order valence-corrected chi connectivity index (χ0v) is 19.0. The van der Waals surface area contributed by atoms with Gasteiger partial charge in [0.25, 0.3) is 0 Å². The first-order valence-corrected chi connectivity index (χ1v) is 11.0. The second-order valence-electron chi connectivity index (χ2n) is 7.56.